The van der Waals surface area contributed by atoms with E-state index in [1.165, 1.54) is 0 Å². The molecule has 88 valence electrons. The lowest BCUT2D eigenvalue weighted by molar-refractivity contribution is -0.384. The lowest BCUT2D eigenvalue weighted by Crippen LogP contribution is -2.21. The predicted octanol–water partition coefficient (Wildman–Crippen LogP) is 1.49. The third kappa shape index (κ3) is 1.64. The zero-order valence-electron chi connectivity index (χ0n) is 9.64. The van der Waals surface area contributed by atoms with E-state index in [2.05, 4.69) is 10.00 Å². The van der Waals surface area contributed by atoms with Gasteiger partial charge in [0.15, 0.2) is 0 Å². The lowest BCUT2D eigenvalue weighted by atomic mass is 10.3. The van der Waals surface area contributed by atoms with Crippen LogP contribution in [0, 0.1) is 10.1 Å². The molecule has 1 aliphatic heterocycles. The second kappa shape index (κ2) is 4.11. The Bertz CT molecular complexity index is 407. The maximum Gasteiger partial charge on any atom is 0.334 e. The molecule has 1 aromatic heterocycles. The van der Waals surface area contributed by atoms with Gasteiger partial charge in [-0.05, 0) is 19.3 Å². The van der Waals surface area contributed by atoms with Gasteiger partial charge < -0.3 is 4.90 Å². The van der Waals surface area contributed by atoms with Gasteiger partial charge in [0.25, 0.3) is 0 Å². The summed E-state index contributed by atoms with van der Waals surface area (Å²) < 4.78 is 1.64. The van der Waals surface area contributed by atoms with E-state index >= 15 is 0 Å². The molecule has 0 atom stereocenters. The summed E-state index contributed by atoms with van der Waals surface area (Å²) in [5, 5.41) is 15.3. The molecule has 1 aromatic rings. The fourth-order valence-electron chi connectivity index (χ4n) is 2.27. The fourth-order valence-corrected chi connectivity index (χ4v) is 2.27. The Labute approximate surface area is 94.0 Å². The summed E-state index contributed by atoms with van der Waals surface area (Å²) in [4.78, 5) is 12.9. The van der Waals surface area contributed by atoms with Gasteiger partial charge in [-0.15, -0.1) is 0 Å². The molecule has 0 spiro atoms. The topological polar surface area (TPSA) is 64.2 Å². The quantitative estimate of drug-likeness (QED) is 0.576. The normalized spacial score (nSPS) is 15.8. The third-order valence-corrected chi connectivity index (χ3v) is 2.99. The standard InChI is InChI=1S/C10H16N4O2/c1-3-8-9(14(15)16)10(12(2)11-8)13-6-4-5-7-13/h3-7H2,1-2H3. The van der Waals surface area contributed by atoms with Gasteiger partial charge in [-0.25, -0.2) is 4.68 Å². The summed E-state index contributed by atoms with van der Waals surface area (Å²) in [6, 6.07) is 0. The highest BCUT2D eigenvalue weighted by atomic mass is 16.6. The second-order valence-corrected chi connectivity index (χ2v) is 4.05. The SMILES string of the molecule is CCc1nn(C)c(N2CCCC2)c1[N+](=O)[O-]. The van der Waals surface area contributed by atoms with Gasteiger partial charge in [0.05, 0.1) is 4.92 Å². The van der Waals surface area contributed by atoms with Crippen molar-refractivity contribution in [1.29, 1.82) is 0 Å². The van der Waals surface area contributed by atoms with Crippen LogP contribution in [0.5, 0.6) is 0 Å². The van der Waals surface area contributed by atoms with Crippen molar-refractivity contribution in [2.75, 3.05) is 18.0 Å². The highest BCUT2D eigenvalue weighted by Crippen LogP contribution is 2.33. The molecular formula is C10H16N4O2. The summed E-state index contributed by atoms with van der Waals surface area (Å²) in [6.07, 6.45) is 2.80. The Kier molecular flexibility index (Phi) is 2.80. The van der Waals surface area contributed by atoms with Crippen molar-refractivity contribution >= 4 is 11.5 Å². The maximum atomic E-state index is 11.1. The zero-order valence-corrected chi connectivity index (χ0v) is 9.64. The van der Waals surface area contributed by atoms with Crippen LogP contribution in [0.2, 0.25) is 0 Å². The fraction of sp³-hybridized carbons (Fsp3) is 0.700. The van der Waals surface area contributed by atoms with E-state index in [0.717, 1.165) is 25.9 Å². The first kappa shape index (κ1) is 10.9. The smallest absolute Gasteiger partial charge is 0.334 e. The largest absolute Gasteiger partial charge is 0.351 e. The molecular weight excluding hydrogens is 208 g/mol. The Balaban J connectivity index is 2.48. The Morgan fingerprint density at radius 2 is 2.06 bits per heavy atom. The van der Waals surface area contributed by atoms with Crippen LogP contribution in [0.1, 0.15) is 25.5 Å². The first-order valence-electron chi connectivity index (χ1n) is 5.60. The van der Waals surface area contributed by atoms with Gasteiger partial charge in [-0.3, -0.25) is 10.1 Å². The van der Waals surface area contributed by atoms with Crippen molar-refractivity contribution < 1.29 is 4.92 Å². The first-order valence-corrected chi connectivity index (χ1v) is 5.60. The van der Waals surface area contributed by atoms with E-state index in [0.29, 0.717) is 17.9 Å². The van der Waals surface area contributed by atoms with Crippen molar-refractivity contribution in [3.63, 3.8) is 0 Å². The molecule has 16 heavy (non-hydrogen) atoms. The van der Waals surface area contributed by atoms with Crippen molar-refractivity contribution in [2.24, 2.45) is 7.05 Å². The van der Waals surface area contributed by atoms with Gasteiger partial charge in [0.2, 0.25) is 5.82 Å². The summed E-state index contributed by atoms with van der Waals surface area (Å²) in [5.74, 6) is 0.666. The van der Waals surface area contributed by atoms with E-state index in [1.807, 2.05) is 6.92 Å². The molecule has 0 aromatic carbocycles. The van der Waals surface area contributed by atoms with Gasteiger partial charge >= 0.3 is 5.69 Å². The predicted molar refractivity (Wildman–Crippen MR) is 60.7 cm³/mol. The number of anilines is 1. The molecule has 6 heteroatoms. The molecule has 1 fully saturated rings. The molecule has 0 unspecified atom stereocenters. The zero-order chi connectivity index (χ0) is 11.7. The van der Waals surface area contributed by atoms with Gasteiger partial charge in [0.1, 0.15) is 5.69 Å². The van der Waals surface area contributed by atoms with E-state index in [1.54, 1.807) is 11.7 Å². The molecule has 1 aliphatic rings. The summed E-state index contributed by atoms with van der Waals surface area (Å²) in [5.41, 5.74) is 0.765. The Hall–Kier alpha value is -1.59. The van der Waals surface area contributed by atoms with Gasteiger partial charge in [-0.2, -0.15) is 5.10 Å². The maximum absolute atomic E-state index is 11.1. The van der Waals surface area contributed by atoms with Crippen LogP contribution in [-0.2, 0) is 13.5 Å². The van der Waals surface area contributed by atoms with Crippen LogP contribution < -0.4 is 4.90 Å². The van der Waals surface area contributed by atoms with Crippen LogP contribution in [-0.4, -0.2) is 27.8 Å². The molecule has 0 saturated carbocycles. The highest BCUT2D eigenvalue weighted by Gasteiger charge is 2.30. The third-order valence-electron chi connectivity index (χ3n) is 2.99. The van der Waals surface area contributed by atoms with Gasteiger partial charge in [-0.1, -0.05) is 6.92 Å². The average molecular weight is 224 g/mol. The highest BCUT2D eigenvalue weighted by molar-refractivity contribution is 5.62. The van der Waals surface area contributed by atoms with E-state index in [-0.39, 0.29) is 10.6 Å². The first-order chi connectivity index (χ1) is 7.65. The van der Waals surface area contributed by atoms with Gasteiger partial charge in [0, 0.05) is 20.1 Å². The second-order valence-electron chi connectivity index (χ2n) is 4.05. The molecule has 0 radical (unpaired) electrons. The molecule has 0 bridgehead atoms. The molecule has 2 heterocycles. The van der Waals surface area contributed by atoms with Crippen LogP contribution >= 0.6 is 0 Å². The summed E-state index contributed by atoms with van der Waals surface area (Å²) >= 11 is 0. The van der Waals surface area contributed by atoms with Crippen LogP contribution in [0.4, 0.5) is 11.5 Å². The number of aryl methyl sites for hydroxylation is 2. The number of hydrogen-bond donors (Lipinski definition) is 0. The number of nitro groups is 1. The van der Waals surface area contributed by atoms with Crippen LogP contribution in [0.15, 0.2) is 0 Å². The molecule has 0 amide bonds. The molecule has 0 aliphatic carbocycles. The van der Waals surface area contributed by atoms with Crippen molar-refractivity contribution in [2.45, 2.75) is 26.2 Å². The van der Waals surface area contributed by atoms with Crippen molar-refractivity contribution in [1.82, 2.24) is 9.78 Å². The minimum absolute atomic E-state index is 0.187. The monoisotopic (exact) mass is 224 g/mol. The van der Waals surface area contributed by atoms with Crippen molar-refractivity contribution in [3.05, 3.63) is 15.8 Å². The van der Waals surface area contributed by atoms with E-state index in [4.69, 9.17) is 0 Å². The number of rotatable bonds is 3. The molecule has 0 N–H and O–H groups in total. The summed E-state index contributed by atoms with van der Waals surface area (Å²) in [7, 11) is 1.78. The Morgan fingerprint density at radius 1 is 1.44 bits per heavy atom. The Morgan fingerprint density at radius 3 is 2.56 bits per heavy atom. The van der Waals surface area contributed by atoms with Crippen LogP contribution in [0.25, 0.3) is 0 Å². The molecule has 2 rings (SSSR count). The molecule has 6 nitrogen and oxygen atoms in total. The molecule has 1 saturated heterocycles. The van der Waals surface area contributed by atoms with E-state index < -0.39 is 0 Å². The van der Waals surface area contributed by atoms with Crippen molar-refractivity contribution in [3.8, 4) is 0 Å². The minimum Gasteiger partial charge on any atom is -0.351 e. The number of nitrogens with zero attached hydrogens (tertiary/aromatic N) is 4. The minimum atomic E-state index is -0.306. The summed E-state index contributed by atoms with van der Waals surface area (Å²) in [6.45, 7) is 3.68. The average Bonchev–Trinajstić information content (AvgIpc) is 2.83. The number of aromatic nitrogens is 2. The lowest BCUT2D eigenvalue weighted by Gasteiger charge is -2.15. The number of hydrogen-bond acceptors (Lipinski definition) is 4. The van der Waals surface area contributed by atoms with Crippen LogP contribution in [0.3, 0.4) is 0 Å². The van der Waals surface area contributed by atoms with E-state index in [9.17, 15) is 10.1 Å².